The quantitative estimate of drug-likeness (QED) is 0.565. The van der Waals surface area contributed by atoms with Gasteiger partial charge in [0.25, 0.3) is 5.97 Å². The number of hydrogen-bond acceptors (Lipinski definition) is 4. The Morgan fingerprint density at radius 3 is 2.42 bits per heavy atom. The van der Waals surface area contributed by atoms with Crippen LogP contribution in [-0.4, -0.2) is 48.7 Å². The van der Waals surface area contributed by atoms with E-state index >= 15 is 0 Å². The molecule has 1 heterocycles. The lowest BCUT2D eigenvalue weighted by molar-refractivity contribution is -0.134. The van der Waals surface area contributed by atoms with E-state index in [1.807, 2.05) is 0 Å². The highest BCUT2D eigenvalue weighted by atomic mass is 16.6. The summed E-state index contributed by atoms with van der Waals surface area (Å²) >= 11 is 0. The number of hydrogen-bond donors (Lipinski definition) is 2. The summed E-state index contributed by atoms with van der Waals surface area (Å²) in [4.78, 5) is 9.00. The van der Waals surface area contributed by atoms with E-state index in [1.54, 1.807) is 0 Å². The van der Waals surface area contributed by atoms with Crippen LogP contribution in [0.15, 0.2) is 0 Å². The summed E-state index contributed by atoms with van der Waals surface area (Å²) in [6.07, 6.45) is -0.0799. The monoisotopic (exact) mass is 178 g/mol. The van der Waals surface area contributed by atoms with Gasteiger partial charge in [-0.25, -0.2) is 0 Å². The summed E-state index contributed by atoms with van der Waals surface area (Å²) in [6.45, 7) is 2.97. The molecule has 1 saturated heterocycles. The number of aliphatic carboxylic acids is 1. The van der Waals surface area contributed by atoms with Crippen molar-refractivity contribution in [3.05, 3.63) is 0 Å². The first-order valence-corrected chi connectivity index (χ1v) is 3.66. The van der Waals surface area contributed by atoms with Crippen molar-refractivity contribution < 1.29 is 24.5 Å². The Hall–Kier alpha value is -0.650. The first-order valence-electron chi connectivity index (χ1n) is 3.66. The summed E-state index contributed by atoms with van der Waals surface area (Å²) < 4.78 is 10.0. The smallest absolute Gasteiger partial charge is 0.300 e. The molecule has 72 valence electrons. The normalized spacial score (nSPS) is 22.3. The third-order valence-corrected chi connectivity index (χ3v) is 1.09. The SMILES string of the molecule is CC(=O)O.OCC1COCCO1. The zero-order chi connectivity index (χ0) is 9.40. The molecule has 1 unspecified atom stereocenters. The van der Waals surface area contributed by atoms with Crippen molar-refractivity contribution in [3.63, 3.8) is 0 Å². The Morgan fingerprint density at radius 1 is 1.58 bits per heavy atom. The Bertz CT molecular complexity index is 115. The minimum absolute atomic E-state index is 0.0694. The number of aliphatic hydroxyl groups is 1. The van der Waals surface area contributed by atoms with Crippen LogP contribution in [0.1, 0.15) is 6.92 Å². The van der Waals surface area contributed by atoms with Gasteiger partial charge in [0.15, 0.2) is 0 Å². The van der Waals surface area contributed by atoms with Crippen molar-refractivity contribution in [2.75, 3.05) is 26.4 Å². The fourth-order valence-corrected chi connectivity index (χ4v) is 0.642. The lowest BCUT2D eigenvalue weighted by atomic mass is 10.4. The third-order valence-electron chi connectivity index (χ3n) is 1.09. The van der Waals surface area contributed by atoms with E-state index in [0.29, 0.717) is 19.8 Å². The fourth-order valence-electron chi connectivity index (χ4n) is 0.642. The molecule has 0 spiro atoms. The van der Waals surface area contributed by atoms with Crippen LogP contribution in [0.2, 0.25) is 0 Å². The first-order chi connectivity index (χ1) is 5.66. The van der Waals surface area contributed by atoms with E-state index in [1.165, 1.54) is 0 Å². The van der Waals surface area contributed by atoms with Crippen LogP contribution < -0.4 is 0 Å². The highest BCUT2D eigenvalue weighted by molar-refractivity contribution is 5.62. The molecule has 1 aliphatic rings. The van der Waals surface area contributed by atoms with E-state index in [2.05, 4.69) is 0 Å². The van der Waals surface area contributed by atoms with Gasteiger partial charge in [0.05, 0.1) is 26.4 Å². The highest BCUT2D eigenvalue weighted by Gasteiger charge is 2.11. The van der Waals surface area contributed by atoms with Gasteiger partial charge in [-0.3, -0.25) is 4.79 Å². The van der Waals surface area contributed by atoms with Gasteiger partial charge in [0.1, 0.15) is 6.10 Å². The molecule has 0 aromatic carbocycles. The van der Waals surface area contributed by atoms with E-state index < -0.39 is 5.97 Å². The van der Waals surface area contributed by atoms with E-state index in [4.69, 9.17) is 24.5 Å². The summed E-state index contributed by atoms with van der Waals surface area (Å²) in [6, 6.07) is 0. The molecule has 1 rings (SSSR count). The van der Waals surface area contributed by atoms with Gasteiger partial charge in [-0.1, -0.05) is 0 Å². The topological polar surface area (TPSA) is 76.0 Å². The molecule has 0 aliphatic carbocycles. The van der Waals surface area contributed by atoms with Gasteiger partial charge in [-0.15, -0.1) is 0 Å². The molecular weight excluding hydrogens is 164 g/mol. The van der Waals surface area contributed by atoms with Gasteiger partial charge in [-0.2, -0.15) is 0 Å². The molecule has 5 heteroatoms. The molecule has 0 radical (unpaired) electrons. The Morgan fingerprint density at radius 2 is 2.17 bits per heavy atom. The minimum Gasteiger partial charge on any atom is -0.481 e. The molecule has 1 fully saturated rings. The lowest BCUT2D eigenvalue weighted by Crippen LogP contribution is -2.31. The Kier molecular flexibility index (Phi) is 6.64. The van der Waals surface area contributed by atoms with Crippen LogP contribution in [0.5, 0.6) is 0 Å². The molecular formula is C7H14O5. The van der Waals surface area contributed by atoms with Crippen molar-refractivity contribution in [1.82, 2.24) is 0 Å². The third kappa shape index (κ3) is 7.46. The molecule has 0 saturated carbocycles. The van der Waals surface area contributed by atoms with Crippen LogP contribution in [0, 0.1) is 0 Å². The predicted molar refractivity (Wildman–Crippen MR) is 41.0 cm³/mol. The number of carbonyl (C=O) groups is 1. The lowest BCUT2D eigenvalue weighted by Gasteiger charge is -2.20. The van der Waals surface area contributed by atoms with Crippen LogP contribution in [0.3, 0.4) is 0 Å². The maximum atomic E-state index is 9.00. The van der Waals surface area contributed by atoms with Crippen molar-refractivity contribution >= 4 is 5.97 Å². The van der Waals surface area contributed by atoms with E-state index in [0.717, 1.165) is 6.92 Å². The maximum absolute atomic E-state index is 9.00. The maximum Gasteiger partial charge on any atom is 0.300 e. The van der Waals surface area contributed by atoms with Crippen LogP contribution in [0.25, 0.3) is 0 Å². The average molecular weight is 178 g/mol. The Labute approximate surface area is 70.9 Å². The number of carboxylic acids is 1. The van der Waals surface area contributed by atoms with Gasteiger partial charge >= 0.3 is 0 Å². The van der Waals surface area contributed by atoms with Crippen molar-refractivity contribution in [1.29, 1.82) is 0 Å². The summed E-state index contributed by atoms with van der Waals surface area (Å²) in [7, 11) is 0. The number of aliphatic hydroxyl groups excluding tert-OH is 1. The molecule has 1 atom stereocenters. The molecule has 0 amide bonds. The molecule has 12 heavy (non-hydrogen) atoms. The predicted octanol–water partition coefficient (Wildman–Crippen LogP) is -0.515. The highest BCUT2D eigenvalue weighted by Crippen LogP contribution is 1.97. The number of carboxylic acid groups (broad SMARTS) is 1. The van der Waals surface area contributed by atoms with Crippen molar-refractivity contribution in [2.24, 2.45) is 0 Å². The van der Waals surface area contributed by atoms with Crippen molar-refractivity contribution in [3.8, 4) is 0 Å². The second-order valence-corrected chi connectivity index (χ2v) is 2.27. The first kappa shape index (κ1) is 11.4. The second-order valence-electron chi connectivity index (χ2n) is 2.27. The summed E-state index contributed by atoms with van der Waals surface area (Å²) in [5.74, 6) is -0.833. The van der Waals surface area contributed by atoms with Crippen LogP contribution in [-0.2, 0) is 14.3 Å². The van der Waals surface area contributed by atoms with E-state index in [9.17, 15) is 0 Å². The number of ether oxygens (including phenoxy) is 2. The van der Waals surface area contributed by atoms with Gasteiger partial charge in [0, 0.05) is 6.92 Å². The summed E-state index contributed by atoms with van der Waals surface area (Å²) in [5, 5.41) is 15.9. The van der Waals surface area contributed by atoms with Gasteiger partial charge in [-0.05, 0) is 0 Å². The van der Waals surface area contributed by atoms with Crippen LogP contribution in [0.4, 0.5) is 0 Å². The average Bonchev–Trinajstić information content (AvgIpc) is 2.05. The summed E-state index contributed by atoms with van der Waals surface area (Å²) in [5.41, 5.74) is 0. The standard InChI is InChI=1S/C5H10O3.C2H4O2/c6-3-5-4-7-1-2-8-5;1-2(3)4/h5-6H,1-4H2;1H3,(H,3,4). The van der Waals surface area contributed by atoms with Gasteiger partial charge < -0.3 is 19.7 Å². The fraction of sp³-hybridized carbons (Fsp3) is 0.857. The van der Waals surface area contributed by atoms with E-state index in [-0.39, 0.29) is 12.7 Å². The molecule has 1 aliphatic heterocycles. The molecule has 5 nitrogen and oxygen atoms in total. The number of rotatable bonds is 1. The zero-order valence-electron chi connectivity index (χ0n) is 7.02. The molecule has 0 aromatic rings. The zero-order valence-corrected chi connectivity index (χ0v) is 7.02. The van der Waals surface area contributed by atoms with Gasteiger partial charge in [0.2, 0.25) is 0 Å². The minimum atomic E-state index is -0.833. The molecule has 2 N–H and O–H groups in total. The van der Waals surface area contributed by atoms with Crippen LogP contribution >= 0.6 is 0 Å². The largest absolute Gasteiger partial charge is 0.481 e. The van der Waals surface area contributed by atoms with Crippen molar-refractivity contribution in [2.45, 2.75) is 13.0 Å². The Balaban J connectivity index is 0.000000261. The second kappa shape index (κ2) is 7.02. The molecule has 0 aromatic heterocycles. The molecule has 0 bridgehead atoms.